The number of hydrogen-bond acceptors (Lipinski definition) is 4. The molecule has 0 spiro atoms. The Morgan fingerprint density at radius 1 is 1.50 bits per heavy atom. The first-order valence-electron chi connectivity index (χ1n) is 5.83. The average Bonchev–Trinajstić information content (AvgIpc) is 2.95. The average molecular weight is 259 g/mol. The first kappa shape index (κ1) is 11.5. The molecule has 1 unspecified atom stereocenters. The van der Waals surface area contributed by atoms with Gasteiger partial charge in [-0.25, -0.2) is 0 Å². The summed E-state index contributed by atoms with van der Waals surface area (Å²) in [6.07, 6.45) is 2.17. The van der Waals surface area contributed by atoms with Gasteiger partial charge in [0.05, 0.1) is 18.0 Å². The molecule has 2 aromatic rings. The second kappa shape index (κ2) is 4.57. The summed E-state index contributed by atoms with van der Waals surface area (Å²) < 4.78 is 1.62. The number of aryl methyl sites for hydroxylation is 1. The van der Waals surface area contributed by atoms with Gasteiger partial charge in [0.1, 0.15) is 5.78 Å². The van der Waals surface area contributed by atoms with E-state index in [-0.39, 0.29) is 11.7 Å². The number of thioether (sulfide) groups is 1. The smallest absolute Gasteiger partial charge is 0.147 e. The molecule has 2 heterocycles. The van der Waals surface area contributed by atoms with E-state index >= 15 is 0 Å². The van der Waals surface area contributed by atoms with E-state index in [0.29, 0.717) is 6.42 Å². The number of aromatic nitrogens is 3. The van der Waals surface area contributed by atoms with Gasteiger partial charge in [0.15, 0.2) is 0 Å². The van der Waals surface area contributed by atoms with Crippen molar-refractivity contribution < 1.29 is 4.79 Å². The Labute approximate surface area is 109 Å². The van der Waals surface area contributed by atoms with E-state index in [2.05, 4.69) is 22.4 Å². The molecule has 4 nitrogen and oxygen atoms in total. The van der Waals surface area contributed by atoms with Crippen LogP contribution in [0.25, 0.3) is 0 Å². The van der Waals surface area contributed by atoms with E-state index in [9.17, 15) is 4.79 Å². The molecular weight excluding hydrogens is 246 g/mol. The molecule has 1 aromatic carbocycles. The second-order valence-electron chi connectivity index (χ2n) is 4.43. The third-order valence-corrected chi connectivity index (χ3v) is 4.28. The zero-order valence-electron chi connectivity index (χ0n) is 10.0. The van der Waals surface area contributed by atoms with Gasteiger partial charge < -0.3 is 0 Å². The first-order chi connectivity index (χ1) is 8.74. The van der Waals surface area contributed by atoms with Crippen molar-refractivity contribution in [1.29, 1.82) is 0 Å². The third-order valence-electron chi connectivity index (χ3n) is 3.09. The maximum atomic E-state index is 12.3. The normalized spacial score (nSPS) is 17.7. The van der Waals surface area contributed by atoms with E-state index < -0.39 is 0 Å². The van der Waals surface area contributed by atoms with Crippen LogP contribution >= 0.6 is 11.8 Å². The molecule has 3 rings (SSSR count). The molecular formula is C13H13N3OS. The van der Waals surface area contributed by atoms with Crippen LogP contribution in [0.4, 0.5) is 0 Å². The van der Waals surface area contributed by atoms with E-state index in [4.69, 9.17) is 0 Å². The molecule has 1 atom stereocenters. The van der Waals surface area contributed by atoms with Gasteiger partial charge in [0, 0.05) is 23.9 Å². The van der Waals surface area contributed by atoms with Crippen LogP contribution in [-0.4, -0.2) is 26.5 Å². The van der Waals surface area contributed by atoms with Crippen molar-refractivity contribution in [3.63, 3.8) is 0 Å². The molecule has 0 saturated carbocycles. The maximum Gasteiger partial charge on any atom is 0.147 e. The van der Waals surface area contributed by atoms with Gasteiger partial charge in [0.25, 0.3) is 0 Å². The maximum absolute atomic E-state index is 12.3. The molecule has 1 aliphatic rings. The minimum atomic E-state index is 0.00760. The topological polar surface area (TPSA) is 47.8 Å². The molecule has 0 N–H and O–H groups in total. The van der Waals surface area contributed by atoms with Gasteiger partial charge >= 0.3 is 0 Å². The zero-order chi connectivity index (χ0) is 12.5. The quantitative estimate of drug-likeness (QED) is 0.843. The Bertz CT molecular complexity index is 593. The zero-order valence-corrected chi connectivity index (χ0v) is 10.9. The molecule has 1 aliphatic heterocycles. The van der Waals surface area contributed by atoms with Crippen LogP contribution in [0.15, 0.2) is 35.4 Å². The SMILES string of the molecule is Cn1cc(CC(=O)C2CSc3ccccc32)nn1. The summed E-state index contributed by atoms with van der Waals surface area (Å²) in [6.45, 7) is 0. The van der Waals surface area contributed by atoms with Crippen molar-refractivity contribution in [3.05, 3.63) is 41.7 Å². The van der Waals surface area contributed by atoms with Crippen molar-refractivity contribution in [1.82, 2.24) is 15.0 Å². The lowest BCUT2D eigenvalue weighted by Gasteiger charge is -2.07. The van der Waals surface area contributed by atoms with Crippen molar-refractivity contribution in [2.75, 3.05) is 5.75 Å². The summed E-state index contributed by atoms with van der Waals surface area (Å²) in [6, 6.07) is 8.14. The van der Waals surface area contributed by atoms with E-state index in [1.165, 1.54) is 4.90 Å². The predicted molar refractivity (Wildman–Crippen MR) is 69.6 cm³/mol. The standard InChI is InChI=1S/C13H13N3OS/c1-16-7-9(14-15-16)6-12(17)11-8-18-13-5-3-2-4-10(11)13/h2-5,7,11H,6,8H2,1H3. The second-order valence-corrected chi connectivity index (χ2v) is 5.49. The van der Waals surface area contributed by atoms with Gasteiger partial charge in [-0.1, -0.05) is 23.4 Å². The number of hydrogen-bond donors (Lipinski definition) is 0. The number of benzene rings is 1. The summed E-state index contributed by atoms with van der Waals surface area (Å²) in [4.78, 5) is 13.5. The number of carbonyl (C=O) groups excluding carboxylic acids is 1. The fourth-order valence-electron chi connectivity index (χ4n) is 2.21. The molecule has 0 saturated heterocycles. The number of ketones is 1. The highest BCUT2D eigenvalue weighted by atomic mass is 32.2. The van der Waals surface area contributed by atoms with Crippen molar-refractivity contribution in [3.8, 4) is 0 Å². The summed E-state index contributed by atoms with van der Waals surface area (Å²) in [5.41, 5.74) is 1.91. The molecule has 5 heteroatoms. The van der Waals surface area contributed by atoms with Crippen LogP contribution in [0, 0.1) is 0 Å². The Kier molecular flexibility index (Phi) is 2.91. The number of nitrogens with zero attached hydrogens (tertiary/aromatic N) is 3. The van der Waals surface area contributed by atoms with Crippen LogP contribution in [0.5, 0.6) is 0 Å². The lowest BCUT2D eigenvalue weighted by atomic mass is 9.94. The van der Waals surface area contributed by atoms with Crippen LogP contribution in [0.3, 0.4) is 0 Å². The Balaban J connectivity index is 1.78. The van der Waals surface area contributed by atoms with Crippen molar-refractivity contribution in [2.24, 2.45) is 7.05 Å². The van der Waals surface area contributed by atoms with Crippen molar-refractivity contribution in [2.45, 2.75) is 17.2 Å². The highest BCUT2D eigenvalue weighted by Gasteiger charge is 2.29. The first-order valence-corrected chi connectivity index (χ1v) is 6.82. The van der Waals surface area contributed by atoms with Crippen LogP contribution in [0.2, 0.25) is 0 Å². The number of carbonyl (C=O) groups is 1. The van der Waals surface area contributed by atoms with Gasteiger partial charge in [-0.2, -0.15) is 0 Å². The fourth-order valence-corrected chi connectivity index (χ4v) is 3.47. The third kappa shape index (κ3) is 2.06. The number of Topliss-reactive ketones (excluding diaryl/α,β-unsaturated/α-hetero) is 1. The minimum Gasteiger partial charge on any atom is -0.299 e. The Hall–Kier alpha value is -1.62. The van der Waals surface area contributed by atoms with Gasteiger partial charge in [-0.05, 0) is 11.6 Å². The molecule has 0 amide bonds. The molecule has 18 heavy (non-hydrogen) atoms. The summed E-state index contributed by atoms with van der Waals surface area (Å²) in [7, 11) is 1.81. The molecule has 1 aromatic heterocycles. The minimum absolute atomic E-state index is 0.00760. The fraction of sp³-hybridized carbons (Fsp3) is 0.308. The molecule has 0 bridgehead atoms. The van der Waals surface area contributed by atoms with Crippen LogP contribution < -0.4 is 0 Å². The Morgan fingerprint density at radius 2 is 2.33 bits per heavy atom. The van der Waals surface area contributed by atoms with Crippen molar-refractivity contribution >= 4 is 17.5 Å². The molecule has 0 fully saturated rings. The van der Waals surface area contributed by atoms with E-state index in [0.717, 1.165) is 17.0 Å². The lowest BCUT2D eigenvalue weighted by Crippen LogP contribution is -2.15. The van der Waals surface area contributed by atoms with Gasteiger partial charge in [-0.15, -0.1) is 16.9 Å². The summed E-state index contributed by atoms with van der Waals surface area (Å²) in [5.74, 6) is 1.08. The van der Waals surface area contributed by atoms with Crippen LogP contribution in [-0.2, 0) is 18.3 Å². The monoisotopic (exact) mass is 259 g/mol. The highest BCUT2D eigenvalue weighted by Crippen LogP contribution is 2.39. The summed E-state index contributed by atoms with van der Waals surface area (Å²) >= 11 is 1.76. The number of rotatable bonds is 3. The largest absolute Gasteiger partial charge is 0.299 e. The van der Waals surface area contributed by atoms with E-state index in [1.54, 1.807) is 22.6 Å². The molecule has 0 radical (unpaired) electrons. The number of fused-ring (bicyclic) bond motifs is 1. The van der Waals surface area contributed by atoms with Crippen LogP contribution in [0.1, 0.15) is 17.2 Å². The van der Waals surface area contributed by atoms with Gasteiger partial charge in [0.2, 0.25) is 0 Å². The lowest BCUT2D eigenvalue weighted by molar-refractivity contribution is -0.119. The summed E-state index contributed by atoms with van der Waals surface area (Å²) in [5, 5.41) is 7.82. The highest BCUT2D eigenvalue weighted by molar-refractivity contribution is 7.99. The Morgan fingerprint density at radius 3 is 3.11 bits per heavy atom. The molecule has 0 aliphatic carbocycles. The predicted octanol–water partition coefficient (Wildman–Crippen LogP) is 1.82. The molecule has 92 valence electrons. The van der Waals surface area contributed by atoms with E-state index in [1.807, 2.05) is 19.2 Å². The van der Waals surface area contributed by atoms with Gasteiger partial charge in [-0.3, -0.25) is 9.48 Å².